The van der Waals surface area contributed by atoms with E-state index in [4.69, 9.17) is 0 Å². The lowest BCUT2D eigenvalue weighted by Crippen LogP contribution is -2.25. The van der Waals surface area contributed by atoms with Crippen LogP contribution in [-0.2, 0) is 13.1 Å². The molecule has 0 saturated carbocycles. The minimum absolute atomic E-state index is 0.229. The van der Waals surface area contributed by atoms with Gasteiger partial charge >= 0.3 is 0 Å². The number of hydrogen-bond donors (Lipinski definition) is 1. The van der Waals surface area contributed by atoms with Gasteiger partial charge in [0.15, 0.2) is 5.82 Å². The van der Waals surface area contributed by atoms with Gasteiger partial charge in [-0.15, -0.1) is 10.2 Å². The number of carbonyl (C=O) groups is 1. The van der Waals surface area contributed by atoms with Gasteiger partial charge in [0.05, 0.1) is 6.54 Å². The van der Waals surface area contributed by atoms with E-state index in [1.165, 1.54) is 0 Å². The third-order valence-corrected chi connectivity index (χ3v) is 2.87. The molecule has 0 atom stereocenters. The lowest BCUT2D eigenvalue weighted by Gasteiger charge is -2.05. The van der Waals surface area contributed by atoms with Crippen molar-refractivity contribution in [3.63, 3.8) is 0 Å². The summed E-state index contributed by atoms with van der Waals surface area (Å²) in [4.78, 5) is 15.8. The second kappa shape index (κ2) is 5.72. The molecule has 2 heterocycles. The van der Waals surface area contributed by atoms with Crippen molar-refractivity contribution in [1.82, 2.24) is 25.1 Å². The van der Waals surface area contributed by atoms with Crippen LogP contribution in [0.5, 0.6) is 0 Å². The van der Waals surface area contributed by atoms with Gasteiger partial charge in [0.1, 0.15) is 12.0 Å². The molecular formula is C11H12BrN5O. The zero-order valence-corrected chi connectivity index (χ0v) is 11.4. The first-order valence-electron chi connectivity index (χ1n) is 5.47. The molecule has 94 valence electrons. The molecule has 0 saturated heterocycles. The fourth-order valence-corrected chi connectivity index (χ4v) is 1.67. The summed E-state index contributed by atoms with van der Waals surface area (Å²) < 4.78 is 2.71. The van der Waals surface area contributed by atoms with Crippen LogP contribution in [0.3, 0.4) is 0 Å². The zero-order chi connectivity index (χ0) is 13.0. The molecule has 0 aliphatic heterocycles. The van der Waals surface area contributed by atoms with Gasteiger partial charge < -0.3 is 9.88 Å². The number of carbonyl (C=O) groups excluding carboxylic acids is 1. The summed E-state index contributed by atoms with van der Waals surface area (Å²) in [6, 6.07) is 3.43. The van der Waals surface area contributed by atoms with Gasteiger partial charge in [0.25, 0.3) is 5.91 Å². The van der Waals surface area contributed by atoms with Crippen molar-refractivity contribution in [1.29, 1.82) is 0 Å². The Labute approximate surface area is 113 Å². The number of aryl methyl sites for hydroxylation is 1. The Morgan fingerprint density at radius 3 is 3.00 bits per heavy atom. The van der Waals surface area contributed by atoms with Crippen molar-refractivity contribution in [2.45, 2.75) is 20.0 Å². The van der Waals surface area contributed by atoms with Crippen molar-refractivity contribution in [2.24, 2.45) is 0 Å². The fourth-order valence-electron chi connectivity index (χ4n) is 1.44. The van der Waals surface area contributed by atoms with Crippen LogP contribution in [0.25, 0.3) is 0 Å². The molecule has 1 amide bonds. The minimum atomic E-state index is -0.229. The monoisotopic (exact) mass is 309 g/mol. The van der Waals surface area contributed by atoms with E-state index in [1.54, 1.807) is 24.7 Å². The average Bonchev–Trinajstić information content (AvgIpc) is 2.84. The van der Waals surface area contributed by atoms with E-state index in [-0.39, 0.29) is 5.91 Å². The van der Waals surface area contributed by atoms with Crippen molar-refractivity contribution >= 4 is 21.8 Å². The van der Waals surface area contributed by atoms with Gasteiger partial charge in [0.2, 0.25) is 0 Å². The quantitative estimate of drug-likeness (QED) is 0.926. The SMILES string of the molecule is CCn1cnnc1CNC(=O)c1ccc(Br)cn1. The average molecular weight is 310 g/mol. The van der Waals surface area contributed by atoms with Crippen LogP contribution >= 0.6 is 15.9 Å². The molecule has 1 N–H and O–H groups in total. The molecule has 0 aliphatic carbocycles. The lowest BCUT2D eigenvalue weighted by molar-refractivity contribution is 0.0944. The molecule has 7 heteroatoms. The van der Waals surface area contributed by atoms with Crippen LogP contribution in [-0.4, -0.2) is 25.7 Å². The van der Waals surface area contributed by atoms with Crippen molar-refractivity contribution in [3.8, 4) is 0 Å². The number of hydrogen-bond acceptors (Lipinski definition) is 4. The highest BCUT2D eigenvalue weighted by Gasteiger charge is 2.08. The Kier molecular flexibility index (Phi) is 4.03. The number of amides is 1. The molecule has 0 aromatic carbocycles. The first kappa shape index (κ1) is 12.7. The predicted molar refractivity (Wildman–Crippen MR) is 68.8 cm³/mol. The number of rotatable bonds is 4. The molecule has 0 bridgehead atoms. The molecule has 0 aliphatic rings. The molecule has 18 heavy (non-hydrogen) atoms. The van der Waals surface area contributed by atoms with E-state index >= 15 is 0 Å². The van der Waals surface area contributed by atoms with Crippen LogP contribution in [0.1, 0.15) is 23.2 Å². The molecule has 0 unspecified atom stereocenters. The van der Waals surface area contributed by atoms with E-state index in [9.17, 15) is 4.79 Å². The predicted octanol–water partition coefficient (Wildman–Crippen LogP) is 1.39. The Bertz CT molecular complexity index is 537. The van der Waals surface area contributed by atoms with E-state index in [1.807, 2.05) is 11.5 Å². The molecule has 2 aromatic rings. The standard InChI is InChI=1S/C11H12BrN5O/c1-2-17-7-15-16-10(17)6-14-11(18)9-4-3-8(12)5-13-9/h3-5,7H,2,6H2,1H3,(H,14,18). The van der Waals surface area contributed by atoms with Gasteiger partial charge in [-0.25, -0.2) is 4.98 Å². The topological polar surface area (TPSA) is 72.7 Å². The Morgan fingerprint density at radius 2 is 2.33 bits per heavy atom. The maximum atomic E-state index is 11.8. The maximum Gasteiger partial charge on any atom is 0.270 e. The van der Waals surface area contributed by atoms with Crippen LogP contribution in [0.2, 0.25) is 0 Å². The number of halogens is 1. The van der Waals surface area contributed by atoms with E-state index in [2.05, 4.69) is 36.4 Å². The van der Waals surface area contributed by atoms with Crippen LogP contribution in [0.15, 0.2) is 29.1 Å². The number of pyridine rings is 1. The molecule has 0 radical (unpaired) electrons. The number of nitrogens with one attached hydrogen (secondary N) is 1. The van der Waals surface area contributed by atoms with Crippen molar-refractivity contribution < 1.29 is 4.79 Å². The summed E-state index contributed by atoms with van der Waals surface area (Å²) in [6.07, 6.45) is 3.23. The molecule has 2 aromatic heterocycles. The zero-order valence-electron chi connectivity index (χ0n) is 9.80. The number of nitrogens with zero attached hydrogens (tertiary/aromatic N) is 4. The fraction of sp³-hybridized carbons (Fsp3) is 0.273. The maximum absolute atomic E-state index is 11.8. The van der Waals surface area contributed by atoms with E-state index in [0.717, 1.165) is 16.8 Å². The molecule has 2 rings (SSSR count). The minimum Gasteiger partial charge on any atom is -0.343 e. The second-order valence-electron chi connectivity index (χ2n) is 3.58. The highest BCUT2D eigenvalue weighted by Crippen LogP contribution is 2.07. The highest BCUT2D eigenvalue weighted by molar-refractivity contribution is 9.10. The highest BCUT2D eigenvalue weighted by atomic mass is 79.9. The first-order chi connectivity index (χ1) is 8.70. The lowest BCUT2D eigenvalue weighted by atomic mass is 10.3. The Hall–Kier alpha value is -1.76. The Morgan fingerprint density at radius 1 is 1.50 bits per heavy atom. The Balaban J connectivity index is 1.98. The molecule has 0 fully saturated rings. The van der Waals surface area contributed by atoms with Crippen LogP contribution in [0.4, 0.5) is 0 Å². The summed E-state index contributed by atoms with van der Waals surface area (Å²) >= 11 is 3.27. The largest absolute Gasteiger partial charge is 0.343 e. The normalized spacial score (nSPS) is 10.3. The summed E-state index contributed by atoms with van der Waals surface area (Å²) in [5, 5.41) is 10.5. The van der Waals surface area contributed by atoms with Gasteiger partial charge in [-0.3, -0.25) is 4.79 Å². The third kappa shape index (κ3) is 2.92. The van der Waals surface area contributed by atoms with Gasteiger partial charge in [-0.05, 0) is 35.0 Å². The van der Waals surface area contributed by atoms with Gasteiger partial charge in [-0.1, -0.05) is 0 Å². The molecular weight excluding hydrogens is 298 g/mol. The van der Waals surface area contributed by atoms with Gasteiger partial charge in [-0.2, -0.15) is 0 Å². The first-order valence-corrected chi connectivity index (χ1v) is 6.26. The third-order valence-electron chi connectivity index (χ3n) is 2.40. The summed E-state index contributed by atoms with van der Waals surface area (Å²) in [6.45, 7) is 3.10. The van der Waals surface area contributed by atoms with Crippen molar-refractivity contribution in [3.05, 3.63) is 40.6 Å². The van der Waals surface area contributed by atoms with Crippen LogP contribution < -0.4 is 5.32 Å². The smallest absolute Gasteiger partial charge is 0.270 e. The summed E-state index contributed by atoms with van der Waals surface area (Å²) in [5.74, 6) is 0.496. The second-order valence-corrected chi connectivity index (χ2v) is 4.49. The molecule has 0 spiro atoms. The van der Waals surface area contributed by atoms with Crippen LogP contribution in [0, 0.1) is 0 Å². The summed E-state index contributed by atoms with van der Waals surface area (Å²) in [7, 11) is 0. The van der Waals surface area contributed by atoms with E-state index in [0.29, 0.717) is 12.2 Å². The molecule has 6 nitrogen and oxygen atoms in total. The summed E-state index contributed by atoms with van der Waals surface area (Å²) in [5.41, 5.74) is 0.376. The van der Waals surface area contributed by atoms with E-state index < -0.39 is 0 Å². The van der Waals surface area contributed by atoms with Gasteiger partial charge in [0, 0.05) is 17.2 Å². The van der Waals surface area contributed by atoms with Crippen molar-refractivity contribution in [2.75, 3.05) is 0 Å². The number of aromatic nitrogens is 4.